The molecule has 5 nitrogen and oxygen atoms in total. The molecule has 0 spiro atoms. The van der Waals surface area contributed by atoms with Crippen LogP contribution in [0.4, 0.5) is 4.79 Å². The van der Waals surface area contributed by atoms with Crippen molar-refractivity contribution in [1.82, 2.24) is 10.2 Å². The molecule has 1 N–H and O–H groups in total. The van der Waals surface area contributed by atoms with Gasteiger partial charge in [-0.3, -0.25) is 9.69 Å². The summed E-state index contributed by atoms with van der Waals surface area (Å²) >= 11 is 2.17. The first-order chi connectivity index (χ1) is 10.6. The van der Waals surface area contributed by atoms with E-state index in [9.17, 15) is 9.59 Å². The second kappa shape index (κ2) is 7.44. The number of nitrogens with one attached hydrogen (secondary N) is 1. The van der Waals surface area contributed by atoms with Gasteiger partial charge in [0.05, 0.1) is 3.57 Å². The van der Waals surface area contributed by atoms with E-state index in [0.717, 1.165) is 21.3 Å². The molecule has 6 heteroatoms. The van der Waals surface area contributed by atoms with Gasteiger partial charge in [-0.05, 0) is 52.8 Å². The number of rotatable bonds is 6. The average Bonchev–Trinajstić information content (AvgIpc) is 2.74. The molecule has 1 saturated heterocycles. The lowest BCUT2D eigenvalue weighted by Crippen LogP contribution is -2.31. The average molecular weight is 412 g/mol. The number of amides is 3. The fourth-order valence-corrected chi connectivity index (χ4v) is 2.73. The molecule has 1 heterocycles. The van der Waals surface area contributed by atoms with Gasteiger partial charge in [0.15, 0.2) is 0 Å². The van der Waals surface area contributed by atoms with E-state index in [1.807, 2.05) is 25.1 Å². The SMILES string of the molecule is C=CCOc1ccc(/C=C2/NC(=O)N(CCC)C2=O)cc1I. The topological polar surface area (TPSA) is 58.6 Å². The van der Waals surface area contributed by atoms with Crippen molar-refractivity contribution in [2.45, 2.75) is 13.3 Å². The molecule has 0 unspecified atom stereocenters. The lowest BCUT2D eigenvalue weighted by molar-refractivity contribution is -0.122. The molecule has 0 aromatic heterocycles. The Bertz CT molecular complexity index is 640. The van der Waals surface area contributed by atoms with E-state index in [1.165, 1.54) is 4.90 Å². The molecular formula is C16H17IN2O3. The van der Waals surface area contributed by atoms with E-state index in [-0.39, 0.29) is 11.9 Å². The number of urea groups is 1. The fraction of sp³-hybridized carbons (Fsp3) is 0.250. The molecule has 0 radical (unpaired) electrons. The summed E-state index contributed by atoms with van der Waals surface area (Å²) in [4.78, 5) is 25.1. The molecule has 1 aromatic rings. The number of hydrogen-bond donors (Lipinski definition) is 1. The van der Waals surface area contributed by atoms with E-state index in [2.05, 4.69) is 34.5 Å². The summed E-state index contributed by atoms with van der Waals surface area (Å²) in [5, 5.41) is 2.61. The van der Waals surface area contributed by atoms with Crippen molar-refractivity contribution in [2.24, 2.45) is 0 Å². The number of ether oxygens (including phenoxy) is 1. The third-order valence-electron chi connectivity index (χ3n) is 3.03. The number of carbonyl (C=O) groups excluding carboxylic acids is 2. The number of nitrogens with zero attached hydrogens (tertiary/aromatic N) is 1. The summed E-state index contributed by atoms with van der Waals surface area (Å²) in [6, 6.07) is 5.21. The van der Waals surface area contributed by atoms with Gasteiger partial charge in [-0.2, -0.15) is 0 Å². The second-order valence-corrected chi connectivity index (χ2v) is 5.90. The molecular weight excluding hydrogens is 395 g/mol. The first-order valence-corrected chi connectivity index (χ1v) is 8.02. The van der Waals surface area contributed by atoms with Crippen LogP contribution in [0.1, 0.15) is 18.9 Å². The summed E-state index contributed by atoms with van der Waals surface area (Å²) < 4.78 is 6.43. The highest BCUT2D eigenvalue weighted by atomic mass is 127. The third kappa shape index (κ3) is 3.68. The van der Waals surface area contributed by atoms with Crippen LogP contribution in [-0.2, 0) is 4.79 Å². The van der Waals surface area contributed by atoms with Crippen LogP contribution < -0.4 is 10.1 Å². The Hall–Kier alpha value is -1.83. The monoisotopic (exact) mass is 412 g/mol. The predicted molar refractivity (Wildman–Crippen MR) is 93.4 cm³/mol. The summed E-state index contributed by atoms with van der Waals surface area (Å²) in [5.41, 5.74) is 1.13. The zero-order chi connectivity index (χ0) is 16.1. The molecule has 0 bridgehead atoms. The van der Waals surface area contributed by atoms with Gasteiger partial charge >= 0.3 is 6.03 Å². The number of hydrogen-bond acceptors (Lipinski definition) is 3. The van der Waals surface area contributed by atoms with E-state index in [1.54, 1.807) is 12.2 Å². The fourth-order valence-electron chi connectivity index (χ4n) is 2.04. The zero-order valence-electron chi connectivity index (χ0n) is 12.3. The Kier molecular flexibility index (Phi) is 5.59. The minimum atomic E-state index is -0.362. The molecule has 22 heavy (non-hydrogen) atoms. The molecule has 116 valence electrons. The van der Waals surface area contributed by atoms with Crippen LogP contribution in [0, 0.1) is 3.57 Å². The third-order valence-corrected chi connectivity index (χ3v) is 3.88. The Morgan fingerprint density at radius 2 is 2.18 bits per heavy atom. The maximum absolute atomic E-state index is 12.1. The second-order valence-electron chi connectivity index (χ2n) is 4.73. The minimum Gasteiger partial charge on any atom is -0.488 e. The van der Waals surface area contributed by atoms with Crippen LogP contribution in [0.25, 0.3) is 6.08 Å². The van der Waals surface area contributed by atoms with Crippen molar-refractivity contribution in [1.29, 1.82) is 0 Å². The predicted octanol–water partition coefficient (Wildman–Crippen LogP) is 3.16. The summed E-state index contributed by atoms with van der Waals surface area (Å²) in [5.74, 6) is 0.478. The number of halogens is 1. The Morgan fingerprint density at radius 1 is 1.41 bits per heavy atom. The van der Waals surface area contributed by atoms with Crippen molar-refractivity contribution < 1.29 is 14.3 Å². The summed E-state index contributed by atoms with van der Waals surface area (Å²) in [6.07, 6.45) is 4.09. The molecule has 1 fully saturated rings. The van der Waals surface area contributed by atoms with Crippen molar-refractivity contribution in [3.8, 4) is 5.75 Å². The van der Waals surface area contributed by atoms with Crippen LogP contribution in [-0.4, -0.2) is 30.0 Å². The molecule has 1 aliphatic heterocycles. The molecule has 3 amide bonds. The molecule has 0 atom stereocenters. The molecule has 1 aromatic carbocycles. The lowest BCUT2D eigenvalue weighted by Gasteiger charge is -2.08. The normalized spacial score (nSPS) is 16.1. The number of carbonyl (C=O) groups is 2. The van der Waals surface area contributed by atoms with E-state index in [4.69, 9.17) is 4.74 Å². The van der Waals surface area contributed by atoms with Crippen LogP contribution >= 0.6 is 22.6 Å². The summed E-state index contributed by atoms with van der Waals surface area (Å²) in [6.45, 7) is 6.40. The van der Waals surface area contributed by atoms with E-state index >= 15 is 0 Å². The van der Waals surface area contributed by atoms with E-state index in [0.29, 0.717) is 18.8 Å². The van der Waals surface area contributed by atoms with Gasteiger partial charge in [-0.1, -0.05) is 25.6 Å². The van der Waals surface area contributed by atoms with Gasteiger partial charge in [0.25, 0.3) is 5.91 Å². The van der Waals surface area contributed by atoms with E-state index < -0.39 is 0 Å². The van der Waals surface area contributed by atoms with Gasteiger partial charge in [-0.25, -0.2) is 4.79 Å². The highest BCUT2D eigenvalue weighted by Crippen LogP contribution is 2.24. The maximum atomic E-state index is 12.1. The van der Waals surface area contributed by atoms with Crippen LogP contribution in [0.2, 0.25) is 0 Å². The zero-order valence-corrected chi connectivity index (χ0v) is 14.4. The Labute approximate surface area is 143 Å². The van der Waals surface area contributed by atoms with Crippen molar-refractivity contribution in [3.05, 3.63) is 45.7 Å². The van der Waals surface area contributed by atoms with Crippen LogP contribution in [0.3, 0.4) is 0 Å². The Balaban J connectivity index is 2.19. The smallest absolute Gasteiger partial charge is 0.329 e. The first-order valence-electron chi connectivity index (χ1n) is 6.94. The molecule has 2 rings (SSSR count). The van der Waals surface area contributed by atoms with Gasteiger partial charge in [0.1, 0.15) is 18.1 Å². The summed E-state index contributed by atoms with van der Waals surface area (Å²) in [7, 11) is 0. The quantitative estimate of drug-likeness (QED) is 0.338. The van der Waals surface area contributed by atoms with Gasteiger partial charge in [0.2, 0.25) is 0 Å². The van der Waals surface area contributed by atoms with Gasteiger partial charge in [0, 0.05) is 6.54 Å². The first kappa shape index (κ1) is 16.5. The van der Waals surface area contributed by atoms with Gasteiger partial charge in [-0.15, -0.1) is 0 Å². The highest BCUT2D eigenvalue weighted by molar-refractivity contribution is 14.1. The minimum absolute atomic E-state index is 0.283. The number of benzene rings is 1. The van der Waals surface area contributed by atoms with Crippen molar-refractivity contribution >= 4 is 40.6 Å². The molecule has 0 saturated carbocycles. The maximum Gasteiger partial charge on any atom is 0.329 e. The van der Waals surface area contributed by atoms with Crippen LogP contribution in [0.15, 0.2) is 36.6 Å². The van der Waals surface area contributed by atoms with Gasteiger partial charge < -0.3 is 10.1 Å². The lowest BCUT2D eigenvalue weighted by atomic mass is 10.2. The van der Waals surface area contributed by atoms with Crippen LogP contribution in [0.5, 0.6) is 5.75 Å². The van der Waals surface area contributed by atoms with Crippen molar-refractivity contribution in [2.75, 3.05) is 13.2 Å². The molecule has 0 aliphatic carbocycles. The highest BCUT2D eigenvalue weighted by Gasteiger charge is 2.32. The van der Waals surface area contributed by atoms with Crippen molar-refractivity contribution in [3.63, 3.8) is 0 Å². The Morgan fingerprint density at radius 3 is 2.82 bits per heavy atom. The standard InChI is InChI=1S/C16H17IN2O3/c1-3-7-19-15(20)13(18-16(19)21)10-11-5-6-14(12(17)9-11)22-8-4-2/h4-6,9-10H,2-3,7-8H2,1H3,(H,18,21)/b13-10+. The molecule has 1 aliphatic rings. The number of imide groups is 1. The largest absolute Gasteiger partial charge is 0.488 e.